The van der Waals surface area contributed by atoms with Gasteiger partial charge in [0.05, 0.1) is 11.9 Å². The number of hydrazone groups is 1. The Balaban J connectivity index is 1.53. The molecule has 1 amide bonds. The molecule has 0 radical (unpaired) electrons. The Morgan fingerprint density at radius 1 is 1.14 bits per heavy atom. The number of carbonyl (C=O) groups is 1. The van der Waals surface area contributed by atoms with E-state index in [1.807, 2.05) is 0 Å². The van der Waals surface area contributed by atoms with Crippen LogP contribution < -0.4 is 5.43 Å². The van der Waals surface area contributed by atoms with Crippen molar-refractivity contribution in [1.82, 2.24) is 10.4 Å². The smallest absolute Gasteiger partial charge is 0.374 e. The number of aromatic nitrogens is 1. The molecule has 1 aliphatic heterocycles. The zero-order valence-corrected chi connectivity index (χ0v) is 19.6. The van der Waals surface area contributed by atoms with Gasteiger partial charge in [-0.2, -0.15) is 18.3 Å². The summed E-state index contributed by atoms with van der Waals surface area (Å²) in [5.41, 5.74) is 1.58. The van der Waals surface area contributed by atoms with Crippen molar-refractivity contribution in [1.29, 1.82) is 0 Å². The Hall–Kier alpha value is -3.43. The highest BCUT2D eigenvalue weighted by Gasteiger charge is 2.62. The number of aryl methyl sites for hydroxylation is 1. The predicted octanol–water partition coefficient (Wildman–Crippen LogP) is 6.04. The molecule has 0 fully saturated rings. The molecule has 1 unspecified atom stereocenters. The average Bonchev–Trinajstić information content (AvgIpc) is 3.27. The van der Waals surface area contributed by atoms with Crippen LogP contribution in [-0.2, 0) is 10.4 Å². The van der Waals surface area contributed by atoms with Gasteiger partial charge in [0, 0.05) is 28.2 Å². The Kier molecular flexibility index (Phi) is 6.82. The van der Waals surface area contributed by atoms with Crippen LogP contribution in [0.2, 0.25) is 10.0 Å². The summed E-state index contributed by atoms with van der Waals surface area (Å²) in [5.74, 6) is -0.474. The van der Waals surface area contributed by atoms with Crippen molar-refractivity contribution in [2.45, 2.75) is 25.1 Å². The van der Waals surface area contributed by atoms with Crippen LogP contribution >= 0.6 is 23.2 Å². The minimum Gasteiger partial charge on any atom is -0.374 e. The van der Waals surface area contributed by atoms with Gasteiger partial charge in [0.25, 0.3) is 11.5 Å². The fourth-order valence-electron chi connectivity index (χ4n) is 3.56. The van der Waals surface area contributed by atoms with Crippen molar-refractivity contribution in [3.8, 4) is 0 Å². The lowest BCUT2D eigenvalue weighted by atomic mass is 9.86. The molecule has 1 aromatic heterocycles. The highest BCUT2D eigenvalue weighted by molar-refractivity contribution is 6.34. The quantitative estimate of drug-likeness (QED) is 0.329. The Bertz CT molecular complexity index is 1310. The molecular formula is C24H17Cl2F3N4O2. The minimum atomic E-state index is -4.78. The number of halogens is 5. The second kappa shape index (κ2) is 9.67. The lowest BCUT2D eigenvalue weighted by molar-refractivity contribution is -0.275. The van der Waals surface area contributed by atoms with Crippen LogP contribution in [0.4, 0.5) is 13.2 Å². The number of oxime groups is 1. The van der Waals surface area contributed by atoms with E-state index in [-0.39, 0.29) is 27.0 Å². The zero-order valence-electron chi connectivity index (χ0n) is 18.1. The maximum Gasteiger partial charge on any atom is 0.435 e. The summed E-state index contributed by atoms with van der Waals surface area (Å²) < 4.78 is 42.6. The normalized spacial score (nSPS) is 17.8. The Labute approximate surface area is 208 Å². The van der Waals surface area contributed by atoms with E-state index in [0.717, 1.165) is 0 Å². The Morgan fingerprint density at radius 3 is 2.51 bits per heavy atom. The lowest BCUT2D eigenvalue weighted by Crippen LogP contribution is -2.42. The number of benzene rings is 2. The molecule has 0 saturated carbocycles. The molecule has 180 valence electrons. The van der Waals surface area contributed by atoms with E-state index in [1.165, 1.54) is 30.6 Å². The van der Waals surface area contributed by atoms with Gasteiger partial charge in [-0.15, -0.1) is 0 Å². The fraction of sp³-hybridized carbons (Fsp3) is 0.167. The van der Waals surface area contributed by atoms with Crippen molar-refractivity contribution in [3.05, 3.63) is 98.8 Å². The topological polar surface area (TPSA) is 75.9 Å². The molecule has 4 rings (SSSR count). The maximum atomic E-state index is 14.2. The summed E-state index contributed by atoms with van der Waals surface area (Å²) >= 11 is 11.9. The predicted molar refractivity (Wildman–Crippen MR) is 127 cm³/mol. The molecule has 1 atom stereocenters. The molecule has 35 heavy (non-hydrogen) atoms. The Morgan fingerprint density at radius 2 is 1.89 bits per heavy atom. The van der Waals surface area contributed by atoms with Gasteiger partial charge < -0.3 is 4.84 Å². The van der Waals surface area contributed by atoms with Gasteiger partial charge in [0.2, 0.25) is 0 Å². The maximum absolute atomic E-state index is 14.2. The summed E-state index contributed by atoms with van der Waals surface area (Å²) in [6, 6.07) is 13.5. The first-order chi connectivity index (χ1) is 16.6. The van der Waals surface area contributed by atoms with Crippen molar-refractivity contribution in [3.63, 3.8) is 0 Å². The van der Waals surface area contributed by atoms with Gasteiger partial charge in [-0.25, -0.2) is 5.43 Å². The van der Waals surface area contributed by atoms with Crippen LogP contribution in [0.5, 0.6) is 0 Å². The average molecular weight is 521 g/mol. The van der Waals surface area contributed by atoms with Gasteiger partial charge >= 0.3 is 6.18 Å². The zero-order chi connectivity index (χ0) is 25.2. The number of rotatable bonds is 5. The van der Waals surface area contributed by atoms with Crippen LogP contribution in [-0.4, -0.2) is 29.0 Å². The molecule has 0 aliphatic carbocycles. The standard InChI is InChI=1S/C24H17Cl2F3N4O2/c1-14-8-15(5-6-16(14)13-31-32-22(34)20-4-2-3-7-30-20)21-12-23(35-33-21,24(27,28)29)17-9-18(25)11-19(26)10-17/h2-11,13H,12H2,1H3,(H,32,34)/b31-13+. The molecule has 0 spiro atoms. The number of alkyl halides is 3. The van der Waals surface area contributed by atoms with Gasteiger partial charge in [0.15, 0.2) is 0 Å². The van der Waals surface area contributed by atoms with E-state index in [1.54, 1.807) is 43.3 Å². The van der Waals surface area contributed by atoms with Crippen LogP contribution in [0.15, 0.2) is 71.1 Å². The molecular weight excluding hydrogens is 504 g/mol. The molecule has 0 bridgehead atoms. The third kappa shape index (κ3) is 5.16. The summed E-state index contributed by atoms with van der Waals surface area (Å²) in [7, 11) is 0. The second-order valence-electron chi connectivity index (χ2n) is 7.77. The van der Waals surface area contributed by atoms with Crippen LogP contribution in [0, 0.1) is 6.92 Å². The minimum absolute atomic E-state index is 0.0581. The number of nitrogens with one attached hydrogen (secondary N) is 1. The summed E-state index contributed by atoms with van der Waals surface area (Å²) in [5, 5.41) is 7.80. The summed E-state index contributed by atoms with van der Waals surface area (Å²) in [6.07, 6.45) is -2.41. The number of amides is 1. The molecule has 11 heteroatoms. The second-order valence-corrected chi connectivity index (χ2v) is 8.65. The molecule has 1 aliphatic rings. The van der Waals surface area contributed by atoms with Gasteiger partial charge in [-0.05, 0) is 60.0 Å². The van der Waals surface area contributed by atoms with E-state index in [2.05, 4.69) is 20.7 Å². The highest BCUT2D eigenvalue weighted by Crippen LogP contribution is 2.49. The monoisotopic (exact) mass is 520 g/mol. The molecule has 1 N–H and O–H groups in total. The summed E-state index contributed by atoms with van der Waals surface area (Å²) in [6.45, 7) is 1.76. The number of carbonyl (C=O) groups excluding carboxylic acids is 1. The molecule has 3 aromatic rings. The number of nitrogens with zero attached hydrogens (tertiary/aromatic N) is 3. The SMILES string of the molecule is Cc1cc(C2=NOC(c3cc(Cl)cc(Cl)c3)(C(F)(F)F)C2)ccc1/C=N/NC(=O)c1ccccn1. The first kappa shape index (κ1) is 24.7. The van der Waals surface area contributed by atoms with E-state index >= 15 is 0 Å². The highest BCUT2D eigenvalue weighted by atomic mass is 35.5. The number of hydrogen-bond acceptors (Lipinski definition) is 5. The van der Waals surface area contributed by atoms with Crippen molar-refractivity contribution >= 4 is 41.0 Å². The molecule has 0 saturated heterocycles. The van der Waals surface area contributed by atoms with Gasteiger partial charge in [-0.1, -0.05) is 46.6 Å². The summed E-state index contributed by atoms with van der Waals surface area (Å²) in [4.78, 5) is 21.0. The molecule has 2 aromatic carbocycles. The van der Waals surface area contributed by atoms with E-state index in [9.17, 15) is 18.0 Å². The third-order valence-corrected chi connectivity index (χ3v) is 5.82. The van der Waals surface area contributed by atoms with Crippen molar-refractivity contribution in [2.75, 3.05) is 0 Å². The lowest BCUT2D eigenvalue weighted by Gasteiger charge is -2.29. The van der Waals surface area contributed by atoms with Crippen LogP contribution in [0.3, 0.4) is 0 Å². The van der Waals surface area contributed by atoms with E-state index in [4.69, 9.17) is 28.0 Å². The fourth-order valence-corrected chi connectivity index (χ4v) is 4.09. The number of hydrogen-bond donors (Lipinski definition) is 1. The first-order valence-electron chi connectivity index (χ1n) is 10.2. The van der Waals surface area contributed by atoms with Gasteiger partial charge in [0.1, 0.15) is 5.69 Å². The van der Waals surface area contributed by atoms with Crippen LogP contribution in [0.1, 0.15) is 39.2 Å². The first-order valence-corrected chi connectivity index (χ1v) is 11.0. The van der Waals surface area contributed by atoms with Crippen molar-refractivity contribution < 1.29 is 22.8 Å². The number of pyridine rings is 1. The van der Waals surface area contributed by atoms with Crippen molar-refractivity contribution in [2.24, 2.45) is 10.3 Å². The molecule has 2 heterocycles. The third-order valence-electron chi connectivity index (χ3n) is 5.39. The van der Waals surface area contributed by atoms with Gasteiger partial charge in [-0.3, -0.25) is 9.78 Å². The largest absolute Gasteiger partial charge is 0.435 e. The van der Waals surface area contributed by atoms with E-state index < -0.39 is 24.1 Å². The van der Waals surface area contributed by atoms with E-state index in [0.29, 0.717) is 16.7 Å². The molecule has 6 nitrogen and oxygen atoms in total. The van der Waals surface area contributed by atoms with Crippen LogP contribution in [0.25, 0.3) is 0 Å².